The number of halogens is 2. The highest BCUT2D eigenvalue weighted by atomic mass is 35.5. The van der Waals surface area contributed by atoms with Crippen molar-refractivity contribution in [2.75, 3.05) is 6.61 Å². The van der Waals surface area contributed by atoms with Crippen molar-refractivity contribution in [3.05, 3.63) is 56.2 Å². The Morgan fingerprint density at radius 3 is 2.41 bits per heavy atom. The number of carbonyl (C=O) groups is 1. The molecule has 0 bridgehead atoms. The van der Waals surface area contributed by atoms with Gasteiger partial charge in [-0.1, -0.05) is 34.4 Å². The molecular weight excluding hydrogens is 389 g/mol. The molecule has 0 aromatic heterocycles. The van der Waals surface area contributed by atoms with Crippen LogP contribution < -0.4 is 0 Å². The largest absolute Gasteiger partial charge is 0.448 e. The number of amidine groups is 1. The number of ether oxygens (including phenoxy) is 1. The second kappa shape index (κ2) is 7.44. The van der Waals surface area contributed by atoms with Gasteiger partial charge in [0.1, 0.15) is 0 Å². The number of rotatable bonds is 2. The number of benzene rings is 1. The van der Waals surface area contributed by atoms with Gasteiger partial charge in [-0.05, 0) is 63.0 Å². The fourth-order valence-electron chi connectivity index (χ4n) is 3.17. The molecule has 0 N–H and O–H groups in total. The summed E-state index contributed by atoms with van der Waals surface area (Å²) in [6, 6.07) is 0. The van der Waals surface area contributed by atoms with Crippen molar-refractivity contribution < 1.29 is 14.4 Å². The predicted molar refractivity (Wildman–Crippen MR) is 106 cm³/mol. The molecule has 1 aromatic carbocycles. The van der Waals surface area contributed by atoms with Crippen LogP contribution in [0.25, 0.3) is 0 Å². The molecule has 1 aromatic rings. The fraction of sp³-hybridized carbons (Fsp3) is 0.368. The van der Waals surface area contributed by atoms with E-state index >= 15 is 0 Å². The van der Waals surface area contributed by atoms with Crippen LogP contribution >= 0.6 is 23.2 Å². The first-order valence-electron chi connectivity index (χ1n) is 8.58. The first-order chi connectivity index (χ1) is 12.8. The van der Waals surface area contributed by atoms with Crippen LogP contribution in [0.3, 0.4) is 0 Å². The van der Waals surface area contributed by atoms with Gasteiger partial charge in [0, 0.05) is 21.8 Å². The molecule has 2 aliphatic heterocycles. The van der Waals surface area contributed by atoms with Gasteiger partial charge in [-0.3, -0.25) is 0 Å². The Bertz CT molecular complexity index is 864. The molecule has 3 rings (SSSR count). The SMILES string of the molecule is CCOC(=O)N1C=C(C)C=CC2ON=C(c3c(C)c(Cl)c(C)c(Cl)c3C)N21. The van der Waals surface area contributed by atoms with Gasteiger partial charge in [0.15, 0.2) is 5.84 Å². The minimum atomic E-state index is -0.587. The van der Waals surface area contributed by atoms with Crippen LogP contribution in [0.1, 0.15) is 36.1 Å². The molecule has 2 aliphatic rings. The number of hydrogen-bond acceptors (Lipinski definition) is 5. The van der Waals surface area contributed by atoms with E-state index in [4.69, 9.17) is 32.8 Å². The normalized spacial score (nSPS) is 18.6. The quantitative estimate of drug-likeness (QED) is 0.682. The van der Waals surface area contributed by atoms with Crippen LogP contribution in [0.2, 0.25) is 10.0 Å². The van der Waals surface area contributed by atoms with E-state index < -0.39 is 12.3 Å². The summed E-state index contributed by atoms with van der Waals surface area (Å²) in [6.07, 6.45) is 4.26. The zero-order valence-corrected chi connectivity index (χ0v) is 17.4. The Hall–Kier alpha value is -2.18. The van der Waals surface area contributed by atoms with E-state index in [1.54, 1.807) is 18.1 Å². The highest BCUT2D eigenvalue weighted by Gasteiger charge is 2.39. The van der Waals surface area contributed by atoms with Crippen molar-refractivity contribution in [3.8, 4) is 0 Å². The molecule has 0 saturated heterocycles. The van der Waals surface area contributed by atoms with Crippen molar-refractivity contribution in [3.63, 3.8) is 0 Å². The van der Waals surface area contributed by atoms with Crippen LogP contribution in [0.4, 0.5) is 4.79 Å². The standard InChI is InChI=1S/C19H21Cl2N3O3/c1-6-26-19(25)23-9-10(2)7-8-14-24(23)18(22-27-14)15-11(3)16(20)13(5)17(21)12(15)4/h7-9,14H,6H2,1-5H3. The third-order valence-corrected chi connectivity index (χ3v) is 5.67. The van der Waals surface area contributed by atoms with Crippen LogP contribution in [-0.2, 0) is 9.57 Å². The summed E-state index contributed by atoms with van der Waals surface area (Å²) in [4.78, 5) is 18.2. The van der Waals surface area contributed by atoms with Crippen LogP contribution in [0.5, 0.6) is 0 Å². The maximum Gasteiger partial charge on any atom is 0.433 e. The van der Waals surface area contributed by atoms with Crippen molar-refractivity contribution in [1.82, 2.24) is 10.0 Å². The van der Waals surface area contributed by atoms with E-state index in [0.29, 0.717) is 15.9 Å². The number of allylic oxidation sites excluding steroid dienone is 2. The second-order valence-electron chi connectivity index (χ2n) is 6.41. The smallest absolute Gasteiger partial charge is 0.433 e. The molecule has 8 heteroatoms. The Morgan fingerprint density at radius 2 is 1.81 bits per heavy atom. The number of oxime groups is 1. The van der Waals surface area contributed by atoms with E-state index in [0.717, 1.165) is 27.8 Å². The highest BCUT2D eigenvalue weighted by Crippen LogP contribution is 2.37. The molecule has 0 aliphatic carbocycles. The molecule has 0 saturated carbocycles. The average molecular weight is 410 g/mol. The lowest BCUT2D eigenvalue weighted by Crippen LogP contribution is -2.49. The summed E-state index contributed by atoms with van der Waals surface area (Å²) in [5.41, 5.74) is 4.04. The van der Waals surface area contributed by atoms with E-state index in [9.17, 15) is 4.79 Å². The molecule has 144 valence electrons. The van der Waals surface area contributed by atoms with Gasteiger partial charge in [-0.15, -0.1) is 0 Å². The molecular formula is C19H21Cl2N3O3. The molecule has 1 amide bonds. The van der Waals surface area contributed by atoms with Crippen molar-refractivity contribution in [1.29, 1.82) is 0 Å². The Morgan fingerprint density at radius 1 is 1.19 bits per heavy atom. The lowest BCUT2D eigenvalue weighted by molar-refractivity contribution is -0.0345. The molecule has 0 spiro atoms. The maximum atomic E-state index is 12.6. The predicted octanol–water partition coefficient (Wildman–Crippen LogP) is 5.09. The maximum absolute atomic E-state index is 12.6. The van der Waals surface area contributed by atoms with E-state index in [1.807, 2.05) is 39.8 Å². The third-order valence-electron chi connectivity index (χ3n) is 4.53. The van der Waals surface area contributed by atoms with Crippen molar-refractivity contribution in [2.45, 2.75) is 40.8 Å². The summed E-state index contributed by atoms with van der Waals surface area (Å²) < 4.78 is 5.21. The second-order valence-corrected chi connectivity index (χ2v) is 7.17. The summed E-state index contributed by atoms with van der Waals surface area (Å²) in [5.74, 6) is 0.447. The Balaban J connectivity index is 2.16. The molecule has 1 unspecified atom stereocenters. The Kier molecular flexibility index (Phi) is 5.40. The van der Waals surface area contributed by atoms with Crippen LogP contribution in [0.15, 0.2) is 29.1 Å². The Labute approximate surface area is 168 Å². The number of amides is 1. The van der Waals surface area contributed by atoms with Gasteiger partial charge in [0.2, 0.25) is 6.23 Å². The third kappa shape index (κ3) is 3.28. The van der Waals surface area contributed by atoms with Crippen LogP contribution in [-0.4, -0.2) is 34.8 Å². The van der Waals surface area contributed by atoms with Crippen LogP contribution in [0, 0.1) is 20.8 Å². The first kappa shape index (κ1) is 19.6. The lowest BCUT2D eigenvalue weighted by atomic mass is 9.98. The molecule has 0 fully saturated rings. The molecule has 6 nitrogen and oxygen atoms in total. The van der Waals surface area contributed by atoms with E-state index in [1.165, 1.54) is 5.01 Å². The number of hydrazine groups is 1. The first-order valence-corrected chi connectivity index (χ1v) is 9.34. The monoisotopic (exact) mass is 409 g/mol. The minimum absolute atomic E-state index is 0.252. The van der Waals surface area contributed by atoms with Gasteiger partial charge in [0.05, 0.1) is 6.61 Å². The van der Waals surface area contributed by atoms with Gasteiger partial charge in [0.25, 0.3) is 0 Å². The minimum Gasteiger partial charge on any atom is -0.448 e. The van der Waals surface area contributed by atoms with Gasteiger partial charge < -0.3 is 9.57 Å². The van der Waals surface area contributed by atoms with Crippen molar-refractivity contribution in [2.24, 2.45) is 5.16 Å². The summed E-state index contributed by atoms with van der Waals surface area (Å²) in [5, 5.41) is 8.37. The number of nitrogens with zero attached hydrogens (tertiary/aromatic N) is 3. The zero-order chi connectivity index (χ0) is 19.9. The molecule has 0 radical (unpaired) electrons. The lowest BCUT2D eigenvalue weighted by Gasteiger charge is -2.32. The van der Waals surface area contributed by atoms with E-state index in [2.05, 4.69) is 5.16 Å². The van der Waals surface area contributed by atoms with Gasteiger partial charge >= 0.3 is 6.09 Å². The molecule has 1 atom stereocenters. The summed E-state index contributed by atoms with van der Waals surface area (Å²) in [7, 11) is 0. The summed E-state index contributed by atoms with van der Waals surface area (Å²) >= 11 is 13.0. The topological polar surface area (TPSA) is 54.4 Å². The van der Waals surface area contributed by atoms with Gasteiger partial charge in [-0.2, -0.15) is 5.01 Å². The average Bonchev–Trinajstić information content (AvgIpc) is 2.96. The van der Waals surface area contributed by atoms with Crippen molar-refractivity contribution >= 4 is 35.1 Å². The zero-order valence-electron chi connectivity index (χ0n) is 15.8. The molecule has 27 heavy (non-hydrogen) atoms. The number of carbonyl (C=O) groups excluding carboxylic acids is 1. The fourth-order valence-corrected chi connectivity index (χ4v) is 3.60. The number of hydrogen-bond donors (Lipinski definition) is 0. The molecule has 2 heterocycles. The van der Waals surface area contributed by atoms with Gasteiger partial charge in [-0.25, -0.2) is 9.80 Å². The highest BCUT2D eigenvalue weighted by molar-refractivity contribution is 6.37. The summed E-state index contributed by atoms with van der Waals surface area (Å²) in [6.45, 7) is 9.56. The number of fused-ring (bicyclic) bond motifs is 1. The van der Waals surface area contributed by atoms with E-state index in [-0.39, 0.29) is 6.61 Å².